The quantitative estimate of drug-likeness (QED) is 0.584. The van der Waals surface area contributed by atoms with Crippen molar-refractivity contribution in [1.29, 1.82) is 0 Å². The molecule has 0 rings (SSSR count). The van der Waals surface area contributed by atoms with Crippen molar-refractivity contribution in [3.8, 4) is 0 Å². The van der Waals surface area contributed by atoms with Gasteiger partial charge in [-0.3, -0.25) is 0 Å². The van der Waals surface area contributed by atoms with Crippen molar-refractivity contribution in [2.75, 3.05) is 14.1 Å². The molecule has 0 aliphatic carbocycles. The maximum absolute atomic E-state index is 2.30. The van der Waals surface area contributed by atoms with Crippen molar-refractivity contribution in [3.63, 3.8) is 0 Å². The van der Waals surface area contributed by atoms with Gasteiger partial charge in [0.25, 0.3) is 0 Å². The second-order valence-electron chi connectivity index (χ2n) is 3.28. The second-order valence-corrected chi connectivity index (χ2v) is 3.28. The highest BCUT2D eigenvalue weighted by Crippen LogP contribution is 2.15. The smallest absolute Gasteiger partial charge is 0.00888 e. The first-order chi connectivity index (χ1) is 4.63. The zero-order valence-corrected chi connectivity index (χ0v) is 8.02. The Morgan fingerprint density at radius 2 is 1.50 bits per heavy atom. The Kier molecular flexibility index (Phi) is 4.71. The lowest BCUT2D eigenvalue weighted by atomic mass is 9.95. The van der Waals surface area contributed by atoms with Crippen LogP contribution in [0.3, 0.4) is 0 Å². The molecule has 0 aromatic heterocycles. The summed E-state index contributed by atoms with van der Waals surface area (Å²) in [5.41, 5.74) is 0. The van der Waals surface area contributed by atoms with Crippen LogP contribution in [0.4, 0.5) is 0 Å². The van der Waals surface area contributed by atoms with E-state index in [4.69, 9.17) is 0 Å². The predicted octanol–water partition coefficient (Wildman–Crippen LogP) is 2.37. The van der Waals surface area contributed by atoms with E-state index in [9.17, 15) is 0 Å². The highest BCUT2D eigenvalue weighted by Gasteiger charge is 2.14. The molecule has 1 nitrogen and oxygen atoms in total. The minimum atomic E-state index is 0.731. The summed E-state index contributed by atoms with van der Waals surface area (Å²) >= 11 is 0. The molecule has 0 aromatic carbocycles. The molecule has 0 N–H and O–H groups in total. The number of hydrogen-bond acceptors (Lipinski definition) is 1. The summed E-state index contributed by atoms with van der Waals surface area (Å²) in [6.45, 7) is 6.85. The van der Waals surface area contributed by atoms with Gasteiger partial charge in [0.05, 0.1) is 0 Å². The molecule has 1 atom stereocenters. The fourth-order valence-electron chi connectivity index (χ4n) is 1.39. The van der Waals surface area contributed by atoms with Crippen LogP contribution in [-0.2, 0) is 0 Å². The van der Waals surface area contributed by atoms with Gasteiger partial charge in [0, 0.05) is 6.04 Å². The van der Waals surface area contributed by atoms with Crippen LogP contribution in [0.1, 0.15) is 33.6 Å². The third-order valence-electron chi connectivity index (χ3n) is 2.55. The summed E-state index contributed by atoms with van der Waals surface area (Å²) < 4.78 is 0. The minimum absolute atomic E-state index is 0.731. The van der Waals surface area contributed by atoms with E-state index in [2.05, 4.69) is 39.8 Å². The van der Waals surface area contributed by atoms with Crippen LogP contribution in [-0.4, -0.2) is 25.0 Å². The summed E-state index contributed by atoms with van der Waals surface area (Å²) in [5.74, 6) is 0.870. The molecular formula is C9H21N. The van der Waals surface area contributed by atoms with Gasteiger partial charge in [0.15, 0.2) is 0 Å². The largest absolute Gasteiger partial charge is 0.306 e. The molecule has 0 aromatic rings. The predicted molar refractivity (Wildman–Crippen MR) is 47.2 cm³/mol. The van der Waals surface area contributed by atoms with Gasteiger partial charge in [-0.1, -0.05) is 26.7 Å². The average Bonchev–Trinajstić information content (AvgIpc) is 1.90. The fourth-order valence-corrected chi connectivity index (χ4v) is 1.39. The Hall–Kier alpha value is -0.0400. The molecular weight excluding hydrogens is 122 g/mol. The van der Waals surface area contributed by atoms with E-state index in [0.717, 1.165) is 12.0 Å². The molecule has 0 bridgehead atoms. The fraction of sp³-hybridized carbons (Fsp3) is 1.00. The molecule has 0 radical (unpaired) electrons. The lowest BCUT2D eigenvalue weighted by molar-refractivity contribution is 0.217. The van der Waals surface area contributed by atoms with Gasteiger partial charge in [0.2, 0.25) is 0 Å². The molecule has 0 fully saturated rings. The molecule has 0 aliphatic heterocycles. The SMILES string of the molecule is CCC(CC)C(C)N(C)C. The number of nitrogens with zero attached hydrogens (tertiary/aromatic N) is 1. The average molecular weight is 143 g/mol. The summed E-state index contributed by atoms with van der Waals surface area (Å²) in [5, 5.41) is 0. The summed E-state index contributed by atoms with van der Waals surface area (Å²) in [6, 6.07) is 0.731. The molecule has 1 unspecified atom stereocenters. The Balaban J connectivity index is 3.76. The summed E-state index contributed by atoms with van der Waals surface area (Å²) in [4.78, 5) is 2.30. The van der Waals surface area contributed by atoms with E-state index in [1.165, 1.54) is 12.8 Å². The molecule has 0 saturated carbocycles. The Morgan fingerprint density at radius 3 is 1.60 bits per heavy atom. The van der Waals surface area contributed by atoms with Gasteiger partial charge in [-0.05, 0) is 26.9 Å². The molecule has 0 heterocycles. The lowest BCUT2D eigenvalue weighted by Crippen LogP contribution is -2.31. The number of hydrogen-bond donors (Lipinski definition) is 0. The zero-order chi connectivity index (χ0) is 8.15. The van der Waals surface area contributed by atoms with Gasteiger partial charge in [-0.15, -0.1) is 0 Å². The van der Waals surface area contributed by atoms with Crippen LogP contribution in [0.2, 0.25) is 0 Å². The molecule has 0 amide bonds. The van der Waals surface area contributed by atoms with Crippen LogP contribution >= 0.6 is 0 Å². The van der Waals surface area contributed by atoms with E-state index in [0.29, 0.717) is 0 Å². The second kappa shape index (κ2) is 4.73. The Bertz CT molecular complexity index is 74.8. The van der Waals surface area contributed by atoms with Crippen molar-refractivity contribution in [2.45, 2.75) is 39.7 Å². The van der Waals surface area contributed by atoms with E-state index in [1.54, 1.807) is 0 Å². The molecule has 0 saturated heterocycles. The van der Waals surface area contributed by atoms with Gasteiger partial charge in [-0.25, -0.2) is 0 Å². The van der Waals surface area contributed by atoms with Crippen LogP contribution in [0, 0.1) is 5.92 Å². The van der Waals surface area contributed by atoms with Crippen LogP contribution in [0.5, 0.6) is 0 Å². The van der Waals surface area contributed by atoms with Crippen molar-refractivity contribution in [1.82, 2.24) is 4.90 Å². The van der Waals surface area contributed by atoms with Gasteiger partial charge in [-0.2, -0.15) is 0 Å². The first kappa shape index (κ1) is 9.96. The van der Waals surface area contributed by atoms with E-state index in [-0.39, 0.29) is 0 Å². The first-order valence-electron chi connectivity index (χ1n) is 4.29. The minimum Gasteiger partial charge on any atom is -0.306 e. The van der Waals surface area contributed by atoms with E-state index >= 15 is 0 Å². The van der Waals surface area contributed by atoms with Crippen molar-refractivity contribution >= 4 is 0 Å². The molecule has 0 spiro atoms. The lowest BCUT2D eigenvalue weighted by Gasteiger charge is -2.27. The molecule has 10 heavy (non-hydrogen) atoms. The van der Waals surface area contributed by atoms with Crippen molar-refractivity contribution in [3.05, 3.63) is 0 Å². The van der Waals surface area contributed by atoms with Crippen molar-refractivity contribution < 1.29 is 0 Å². The Labute approximate surface area is 65.4 Å². The molecule has 1 heteroatoms. The Morgan fingerprint density at radius 1 is 1.10 bits per heavy atom. The van der Waals surface area contributed by atoms with Gasteiger partial charge in [0.1, 0.15) is 0 Å². The van der Waals surface area contributed by atoms with Crippen LogP contribution in [0.25, 0.3) is 0 Å². The number of rotatable bonds is 4. The monoisotopic (exact) mass is 143 g/mol. The third-order valence-corrected chi connectivity index (χ3v) is 2.55. The topological polar surface area (TPSA) is 3.24 Å². The summed E-state index contributed by atoms with van der Waals surface area (Å²) in [7, 11) is 4.31. The summed E-state index contributed by atoms with van der Waals surface area (Å²) in [6.07, 6.45) is 2.60. The van der Waals surface area contributed by atoms with E-state index < -0.39 is 0 Å². The standard InChI is InChI=1S/C9H21N/c1-6-9(7-2)8(3)10(4)5/h8-9H,6-7H2,1-5H3. The zero-order valence-electron chi connectivity index (χ0n) is 8.02. The van der Waals surface area contributed by atoms with Gasteiger partial charge < -0.3 is 4.90 Å². The maximum Gasteiger partial charge on any atom is 0.00888 e. The van der Waals surface area contributed by atoms with Crippen LogP contribution in [0.15, 0.2) is 0 Å². The highest BCUT2D eigenvalue weighted by atomic mass is 15.1. The van der Waals surface area contributed by atoms with E-state index in [1.807, 2.05) is 0 Å². The first-order valence-corrected chi connectivity index (χ1v) is 4.29. The maximum atomic E-state index is 2.30. The molecule has 62 valence electrons. The van der Waals surface area contributed by atoms with Crippen LogP contribution < -0.4 is 0 Å². The van der Waals surface area contributed by atoms with Gasteiger partial charge >= 0.3 is 0 Å². The molecule has 0 aliphatic rings. The highest BCUT2D eigenvalue weighted by molar-refractivity contribution is 4.68. The normalized spacial score (nSPS) is 14.7. The third kappa shape index (κ3) is 2.70. The van der Waals surface area contributed by atoms with Crippen molar-refractivity contribution in [2.24, 2.45) is 5.92 Å².